The van der Waals surface area contributed by atoms with E-state index in [1.807, 2.05) is 64.1 Å². The molecule has 0 unspecified atom stereocenters. The third kappa shape index (κ3) is 4.82. The summed E-state index contributed by atoms with van der Waals surface area (Å²) in [7, 11) is 0. The van der Waals surface area contributed by atoms with Gasteiger partial charge in [0.2, 0.25) is 5.82 Å². The monoisotopic (exact) mass is 512 g/mol. The van der Waals surface area contributed by atoms with Crippen molar-refractivity contribution in [2.45, 2.75) is 59.2 Å². The van der Waals surface area contributed by atoms with Gasteiger partial charge in [-0.15, -0.1) is 10.2 Å². The highest BCUT2D eigenvalue weighted by Gasteiger charge is 2.20. The largest absolute Gasteiger partial charge is 0.392 e. The lowest BCUT2D eigenvalue weighted by Gasteiger charge is -2.14. The number of aliphatic hydroxyl groups is 1. The number of rotatable bonds is 11. The van der Waals surface area contributed by atoms with Gasteiger partial charge in [-0.25, -0.2) is 4.79 Å². The van der Waals surface area contributed by atoms with Crippen LogP contribution in [0.15, 0.2) is 66.0 Å². The van der Waals surface area contributed by atoms with Gasteiger partial charge in [-0.05, 0) is 53.3 Å². The summed E-state index contributed by atoms with van der Waals surface area (Å²) < 4.78 is 5.56. The number of nitrogens with zero attached hydrogens (tertiary/aromatic N) is 7. The fourth-order valence-corrected chi connectivity index (χ4v) is 4.93. The number of pyridine rings is 1. The van der Waals surface area contributed by atoms with Gasteiger partial charge in [-0.3, -0.25) is 14.1 Å². The van der Waals surface area contributed by atoms with Crippen LogP contribution in [0, 0.1) is 0 Å². The first kappa shape index (κ1) is 25.3. The first-order valence-corrected chi connectivity index (χ1v) is 13.0. The number of aryl methyl sites for hydroxylation is 2. The minimum Gasteiger partial charge on any atom is -0.392 e. The van der Waals surface area contributed by atoms with E-state index < -0.39 is 0 Å². The molecule has 0 atom stereocenters. The van der Waals surface area contributed by atoms with Crippen LogP contribution < -0.4 is 5.69 Å². The van der Waals surface area contributed by atoms with Crippen molar-refractivity contribution >= 4 is 0 Å². The number of unbranched alkanes of at least 4 members (excludes halogenated alkanes) is 1. The molecule has 2 N–H and O–H groups in total. The fourth-order valence-electron chi connectivity index (χ4n) is 4.93. The Bertz CT molecular complexity index is 1560. The van der Waals surface area contributed by atoms with E-state index in [2.05, 4.69) is 39.5 Å². The normalized spacial score (nSPS) is 11.3. The molecule has 0 bridgehead atoms. The zero-order valence-electron chi connectivity index (χ0n) is 21.7. The quantitative estimate of drug-likeness (QED) is 0.276. The Morgan fingerprint density at radius 1 is 1.00 bits per heavy atom. The number of tetrazole rings is 1. The summed E-state index contributed by atoms with van der Waals surface area (Å²) in [5, 5.41) is 24.6. The molecule has 0 amide bonds. The van der Waals surface area contributed by atoms with Crippen LogP contribution in [0.4, 0.5) is 0 Å². The Hall–Kier alpha value is -4.31. The minimum absolute atomic E-state index is 0.131. The Balaban J connectivity index is 1.62. The number of aromatic nitrogens is 8. The number of aromatic amines is 1. The van der Waals surface area contributed by atoms with Crippen LogP contribution in [0.3, 0.4) is 0 Å². The van der Waals surface area contributed by atoms with Crippen molar-refractivity contribution in [3.05, 3.63) is 88.5 Å². The van der Waals surface area contributed by atoms with Gasteiger partial charge in [0, 0.05) is 48.2 Å². The number of aliphatic hydroxyl groups excluding tert-OH is 1. The van der Waals surface area contributed by atoms with Gasteiger partial charge in [-0.2, -0.15) is 5.21 Å². The van der Waals surface area contributed by atoms with Crippen LogP contribution in [0.1, 0.15) is 49.9 Å². The van der Waals surface area contributed by atoms with Crippen LogP contribution in [-0.4, -0.2) is 44.4 Å². The molecule has 4 heterocycles. The Morgan fingerprint density at radius 3 is 2.58 bits per heavy atom. The molecule has 0 spiro atoms. The lowest BCUT2D eigenvalue weighted by Crippen LogP contribution is -2.27. The number of hydrogen-bond donors (Lipinski definition) is 2. The van der Waals surface area contributed by atoms with Crippen molar-refractivity contribution in [3.63, 3.8) is 0 Å². The van der Waals surface area contributed by atoms with E-state index in [1.54, 1.807) is 10.8 Å². The van der Waals surface area contributed by atoms with Crippen molar-refractivity contribution in [1.29, 1.82) is 0 Å². The van der Waals surface area contributed by atoms with E-state index in [-0.39, 0.29) is 12.3 Å². The molecule has 196 valence electrons. The second-order valence-corrected chi connectivity index (χ2v) is 9.29. The smallest absolute Gasteiger partial charge is 0.334 e. The SMILES string of the molecule is CCCCc1cn(-c2c(CO)ccn2CCC)c(=O)n1Cc1cnccc1-c1ccccc1-c1nn[nH]n1. The lowest BCUT2D eigenvalue weighted by atomic mass is 9.96. The predicted octanol–water partition coefficient (Wildman–Crippen LogP) is 3.98. The van der Waals surface area contributed by atoms with Crippen molar-refractivity contribution in [1.82, 2.24) is 39.3 Å². The molecule has 0 saturated carbocycles. The number of imidazole rings is 1. The van der Waals surface area contributed by atoms with Gasteiger partial charge in [0.1, 0.15) is 5.82 Å². The highest BCUT2D eigenvalue weighted by Crippen LogP contribution is 2.32. The van der Waals surface area contributed by atoms with Crippen LogP contribution in [0.2, 0.25) is 0 Å². The van der Waals surface area contributed by atoms with E-state index in [0.717, 1.165) is 71.6 Å². The van der Waals surface area contributed by atoms with E-state index in [0.29, 0.717) is 12.4 Å². The van der Waals surface area contributed by atoms with Crippen LogP contribution >= 0.6 is 0 Å². The zero-order chi connectivity index (χ0) is 26.5. The zero-order valence-corrected chi connectivity index (χ0v) is 21.7. The first-order valence-electron chi connectivity index (χ1n) is 13.0. The molecule has 10 nitrogen and oxygen atoms in total. The molecule has 5 aromatic rings. The van der Waals surface area contributed by atoms with Gasteiger partial charge >= 0.3 is 5.69 Å². The molecule has 0 saturated heterocycles. The topological polar surface area (TPSA) is 119 Å². The lowest BCUT2D eigenvalue weighted by molar-refractivity contribution is 0.281. The molecule has 0 radical (unpaired) electrons. The van der Waals surface area contributed by atoms with Crippen LogP contribution in [0.5, 0.6) is 0 Å². The molecular weight excluding hydrogens is 480 g/mol. The Morgan fingerprint density at radius 2 is 1.84 bits per heavy atom. The number of nitrogens with one attached hydrogen (secondary N) is 1. The summed E-state index contributed by atoms with van der Waals surface area (Å²) in [6.45, 7) is 5.23. The van der Waals surface area contributed by atoms with Crippen molar-refractivity contribution in [3.8, 4) is 28.3 Å². The highest BCUT2D eigenvalue weighted by atomic mass is 16.3. The summed E-state index contributed by atoms with van der Waals surface area (Å²) in [5.74, 6) is 1.23. The molecule has 0 aliphatic heterocycles. The van der Waals surface area contributed by atoms with E-state index in [4.69, 9.17) is 0 Å². The first-order chi connectivity index (χ1) is 18.7. The second kappa shape index (κ2) is 11.4. The molecular formula is C28H32N8O2. The molecule has 4 aromatic heterocycles. The second-order valence-electron chi connectivity index (χ2n) is 9.29. The highest BCUT2D eigenvalue weighted by molar-refractivity contribution is 5.81. The van der Waals surface area contributed by atoms with Crippen molar-refractivity contribution in [2.75, 3.05) is 0 Å². The third-order valence-electron chi connectivity index (χ3n) is 6.76. The average molecular weight is 513 g/mol. The van der Waals surface area contributed by atoms with Gasteiger partial charge in [0.05, 0.1) is 13.2 Å². The maximum Gasteiger partial charge on any atom is 0.334 e. The summed E-state index contributed by atoms with van der Waals surface area (Å²) in [6, 6.07) is 11.7. The van der Waals surface area contributed by atoms with Gasteiger partial charge in [0.15, 0.2) is 0 Å². The maximum atomic E-state index is 14.0. The molecule has 5 rings (SSSR count). The predicted molar refractivity (Wildman–Crippen MR) is 145 cm³/mol. The van der Waals surface area contributed by atoms with Crippen molar-refractivity contribution < 1.29 is 5.11 Å². The standard InChI is InChI=1S/C28H32N8O2/c1-3-5-8-22-18-36(27-20(19-37)12-15-34(27)14-4-2)28(38)35(22)17-21-16-29-13-11-23(21)24-9-6-7-10-25(24)26-30-32-33-31-26/h6-7,9-13,15-16,18,37H,3-5,8,14,17,19H2,1-2H3,(H,30,31,32,33). The van der Waals surface area contributed by atoms with E-state index in [9.17, 15) is 9.90 Å². The number of H-pyrrole nitrogens is 1. The number of benzene rings is 1. The van der Waals surface area contributed by atoms with E-state index in [1.165, 1.54) is 0 Å². The molecule has 0 aliphatic rings. The van der Waals surface area contributed by atoms with Crippen LogP contribution in [0.25, 0.3) is 28.3 Å². The molecule has 38 heavy (non-hydrogen) atoms. The number of hydrogen-bond acceptors (Lipinski definition) is 6. The van der Waals surface area contributed by atoms with E-state index >= 15 is 0 Å². The summed E-state index contributed by atoms with van der Waals surface area (Å²) >= 11 is 0. The minimum atomic E-state index is -0.136. The molecule has 0 fully saturated rings. The van der Waals surface area contributed by atoms with Crippen LogP contribution in [-0.2, 0) is 26.1 Å². The fraction of sp³-hybridized carbons (Fsp3) is 0.321. The van der Waals surface area contributed by atoms with Gasteiger partial charge in [-0.1, -0.05) is 44.5 Å². The molecule has 1 aromatic carbocycles. The van der Waals surface area contributed by atoms with Gasteiger partial charge < -0.3 is 9.67 Å². The molecule has 10 heteroatoms. The summed E-state index contributed by atoms with van der Waals surface area (Å²) in [6.07, 6.45) is 11.1. The Labute approximate surface area is 220 Å². The average Bonchev–Trinajstić information content (AvgIpc) is 3.69. The van der Waals surface area contributed by atoms with Crippen molar-refractivity contribution in [2.24, 2.45) is 0 Å². The van der Waals surface area contributed by atoms with Gasteiger partial charge in [0.25, 0.3) is 0 Å². The summed E-state index contributed by atoms with van der Waals surface area (Å²) in [5.41, 5.74) is 5.19. The maximum absolute atomic E-state index is 14.0. The Kier molecular flexibility index (Phi) is 7.60. The third-order valence-corrected chi connectivity index (χ3v) is 6.76. The summed E-state index contributed by atoms with van der Waals surface area (Å²) in [4.78, 5) is 18.4. The molecule has 0 aliphatic carbocycles.